The van der Waals surface area contributed by atoms with E-state index in [-0.39, 0.29) is 29.8 Å². The van der Waals surface area contributed by atoms with Crippen molar-refractivity contribution in [3.8, 4) is 5.69 Å². The van der Waals surface area contributed by atoms with Crippen LogP contribution >= 0.6 is 0 Å². The van der Waals surface area contributed by atoms with E-state index in [4.69, 9.17) is 4.84 Å². The maximum Gasteiger partial charge on any atom is 0.416 e. The average Bonchev–Trinajstić information content (AvgIpc) is 2.92. The predicted molar refractivity (Wildman–Crippen MR) is 140 cm³/mol. The molecule has 2 aromatic heterocycles. The summed E-state index contributed by atoms with van der Waals surface area (Å²) in [5.41, 5.74) is -0.0310. The lowest BCUT2D eigenvalue weighted by molar-refractivity contribution is -0.137. The molecule has 0 saturated heterocycles. The Labute approximate surface area is 226 Å². The van der Waals surface area contributed by atoms with Gasteiger partial charge in [-0.05, 0) is 67.9 Å². The Kier molecular flexibility index (Phi) is 8.26. The van der Waals surface area contributed by atoms with Gasteiger partial charge in [0.15, 0.2) is 5.65 Å². The molecule has 1 amide bonds. The second-order valence-corrected chi connectivity index (χ2v) is 9.04. The number of aromatic nitrogens is 3. The molecule has 0 spiro atoms. The molecular formula is C28H25F4N5O3. The number of halogens is 4. The third-order valence-electron chi connectivity index (χ3n) is 6.20. The lowest BCUT2D eigenvalue weighted by Crippen LogP contribution is -2.41. The summed E-state index contributed by atoms with van der Waals surface area (Å²) < 4.78 is 54.0. The van der Waals surface area contributed by atoms with E-state index in [1.54, 1.807) is 26.0 Å². The summed E-state index contributed by atoms with van der Waals surface area (Å²) in [5, 5.41) is 4.11. The molecule has 0 aliphatic carbocycles. The third-order valence-corrected chi connectivity index (χ3v) is 6.20. The summed E-state index contributed by atoms with van der Waals surface area (Å²) in [7, 11) is 1.35. The summed E-state index contributed by atoms with van der Waals surface area (Å²) in [6, 6.07) is 11.9. The van der Waals surface area contributed by atoms with Crippen molar-refractivity contribution in [2.24, 2.45) is 5.16 Å². The Morgan fingerprint density at radius 1 is 1.10 bits per heavy atom. The normalized spacial score (nSPS) is 12.8. The van der Waals surface area contributed by atoms with Crippen molar-refractivity contribution in [1.29, 1.82) is 0 Å². The Morgan fingerprint density at radius 3 is 2.40 bits per heavy atom. The minimum absolute atomic E-state index is 0.0337. The molecule has 8 nitrogen and oxygen atoms in total. The quantitative estimate of drug-likeness (QED) is 0.172. The number of carbonyl (C=O) groups excluding carboxylic acids is 1. The Balaban J connectivity index is 1.80. The fraction of sp³-hybridized carbons (Fsp3) is 0.250. The summed E-state index contributed by atoms with van der Waals surface area (Å²) in [6.07, 6.45) is -3.25. The molecule has 208 valence electrons. The van der Waals surface area contributed by atoms with Crippen molar-refractivity contribution in [3.05, 3.63) is 100.0 Å². The van der Waals surface area contributed by atoms with Crippen LogP contribution in [0.4, 0.5) is 17.6 Å². The van der Waals surface area contributed by atoms with Crippen molar-refractivity contribution in [3.63, 3.8) is 0 Å². The topological polar surface area (TPSA) is 89.7 Å². The molecule has 0 bridgehead atoms. The molecule has 2 aromatic carbocycles. The van der Waals surface area contributed by atoms with Crippen LogP contribution in [0.2, 0.25) is 0 Å². The van der Waals surface area contributed by atoms with Gasteiger partial charge in [-0.15, -0.1) is 0 Å². The van der Waals surface area contributed by atoms with E-state index in [9.17, 15) is 27.2 Å². The zero-order valence-electron chi connectivity index (χ0n) is 21.8. The predicted octanol–water partition coefficient (Wildman–Crippen LogP) is 5.09. The van der Waals surface area contributed by atoms with Gasteiger partial charge >= 0.3 is 6.18 Å². The summed E-state index contributed by atoms with van der Waals surface area (Å²) in [5.74, 6) is -0.811. The van der Waals surface area contributed by atoms with E-state index in [0.29, 0.717) is 17.0 Å². The number of oxime groups is 1. The highest BCUT2D eigenvalue weighted by atomic mass is 19.4. The number of carbonyl (C=O) groups is 1. The maximum absolute atomic E-state index is 13.7. The van der Waals surface area contributed by atoms with Crippen molar-refractivity contribution < 1.29 is 27.2 Å². The van der Waals surface area contributed by atoms with Crippen LogP contribution in [0.3, 0.4) is 0 Å². The van der Waals surface area contributed by atoms with Crippen LogP contribution in [0.5, 0.6) is 0 Å². The number of hydrogen-bond acceptors (Lipinski definition) is 6. The number of rotatable bonds is 8. The van der Waals surface area contributed by atoms with Gasteiger partial charge in [0, 0.05) is 6.20 Å². The first-order chi connectivity index (χ1) is 19.0. The minimum atomic E-state index is -4.50. The van der Waals surface area contributed by atoms with Gasteiger partial charge in [-0.3, -0.25) is 14.2 Å². The zero-order chi connectivity index (χ0) is 29.0. The van der Waals surface area contributed by atoms with Gasteiger partial charge in [0.05, 0.1) is 41.4 Å². The zero-order valence-corrected chi connectivity index (χ0v) is 21.8. The average molecular weight is 556 g/mol. The number of pyridine rings is 1. The van der Waals surface area contributed by atoms with E-state index in [1.807, 2.05) is 0 Å². The fourth-order valence-corrected chi connectivity index (χ4v) is 4.26. The first kappa shape index (κ1) is 28.4. The van der Waals surface area contributed by atoms with Crippen LogP contribution in [-0.4, -0.2) is 44.7 Å². The highest BCUT2D eigenvalue weighted by molar-refractivity contribution is 5.89. The lowest BCUT2D eigenvalue weighted by Gasteiger charge is -2.30. The third kappa shape index (κ3) is 6.16. The largest absolute Gasteiger partial charge is 0.416 e. The molecule has 0 aliphatic heterocycles. The molecule has 0 fully saturated rings. The van der Waals surface area contributed by atoms with Crippen LogP contribution in [0.1, 0.15) is 36.8 Å². The van der Waals surface area contributed by atoms with Gasteiger partial charge in [0.25, 0.3) is 5.56 Å². The minimum Gasteiger partial charge on any atom is -0.399 e. The van der Waals surface area contributed by atoms with Crippen molar-refractivity contribution in [2.75, 3.05) is 13.7 Å². The van der Waals surface area contributed by atoms with E-state index in [0.717, 1.165) is 12.1 Å². The number of alkyl halides is 3. The van der Waals surface area contributed by atoms with Crippen LogP contribution in [-0.2, 0) is 22.2 Å². The van der Waals surface area contributed by atoms with Crippen LogP contribution in [0.15, 0.2) is 76.8 Å². The van der Waals surface area contributed by atoms with Gasteiger partial charge in [-0.2, -0.15) is 13.2 Å². The highest BCUT2D eigenvalue weighted by Gasteiger charge is 2.31. The van der Waals surface area contributed by atoms with E-state index < -0.39 is 35.1 Å². The molecule has 0 N–H and O–H groups in total. The van der Waals surface area contributed by atoms with E-state index in [2.05, 4.69) is 15.1 Å². The molecule has 0 aliphatic rings. The summed E-state index contributed by atoms with van der Waals surface area (Å²) >= 11 is 0. The van der Waals surface area contributed by atoms with Gasteiger partial charge < -0.3 is 9.74 Å². The molecule has 4 aromatic rings. The Hall–Kier alpha value is -4.61. The first-order valence-corrected chi connectivity index (χ1v) is 12.2. The number of fused-ring (bicyclic) bond motifs is 1. The van der Waals surface area contributed by atoms with Gasteiger partial charge in [-0.1, -0.05) is 17.3 Å². The molecule has 1 atom stereocenters. The maximum atomic E-state index is 13.7. The van der Waals surface area contributed by atoms with Crippen molar-refractivity contribution in [1.82, 2.24) is 19.4 Å². The molecule has 0 saturated carbocycles. The van der Waals surface area contributed by atoms with E-state index in [1.165, 1.54) is 59.2 Å². The van der Waals surface area contributed by atoms with Gasteiger partial charge in [0.2, 0.25) is 5.91 Å². The smallest absolute Gasteiger partial charge is 0.399 e. The molecule has 4 rings (SSSR count). The second-order valence-electron chi connectivity index (χ2n) is 9.04. The van der Waals surface area contributed by atoms with E-state index >= 15 is 0 Å². The molecule has 40 heavy (non-hydrogen) atoms. The summed E-state index contributed by atoms with van der Waals surface area (Å²) in [6.45, 7) is 3.26. The second kappa shape index (κ2) is 11.6. The lowest BCUT2D eigenvalue weighted by atomic mass is 10.1. The molecule has 1 unspecified atom stereocenters. The van der Waals surface area contributed by atoms with Crippen LogP contribution in [0, 0.1) is 5.82 Å². The van der Waals surface area contributed by atoms with Crippen LogP contribution < -0.4 is 5.56 Å². The SMILES string of the molecule is CO/N=C(\C)CN(C(=O)Cc1ccc(C(F)(F)F)cc1)C(C)c1nc2ncccc2c(=O)n1-c1ccc(F)cc1. The monoisotopic (exact) mass is 555 g/mol. The van der Waals surface area contributed by atoms with Gasteiger partial charge in [-0.25, -0.2) is 14.4 Å². The molecule has 2 heterocycles. The van der Waals surface area contributed by atoms with Gasteiger partial charge in [0.1, 0.15) is 18.8 Å². The standard InChI is InChI=1S/C28H25F4N5O3/c1-17(35-40-3)16-36(24(38)15-19-6-8-20(9-7-19)28(30,31)32)18(2)26-34-25-23(5-4-14-33-25)27(39)37(26)22-12-10-21(29)11-13-22/h4-14,18H,15-16H2,1-3H3/b35-17+. The Bertz CT molecular complexity index is 1600. The fourth-order valence-electron chi connectivity index (χ4n) is 4.26. The number of amides is 1. The Morgan fingerprint density at radius 2 is 1.77 bits per heavy atom. The van der Waals surface area contributed by atoms with Crippen molar-refractivity contribution >= 4 is 22.7 Å². The number of nitrogens with zero attached hydrogens (tertiary/aromatic N) is 5. The van der Waals surface area contributed by atoms with Crippen molar-refractivity contribution in [2.45, 2.75) is 32.5 Å². The molecule has 12 heteroatoms. The molecule has 0 radical (unpaired) electrons. The molecular weight excluding hydrogens is 530 g/mol. The van der Waals surface area contributed by atoms with Crippen LogP contribution in [0.25, 0.3) is 16.7 Å². The first-order valence-electron chi connectivity index (χ1n) is 12.2. The number of benzene rings is 2. The number of hydrogen-bond donors (Lipinski definition) is 0. The highest BCUT2D eigenvalue weighted by Crippen LogP contribution is 2.29. The summed E-state index contributed by atoms with van der Waals surface area (Å²) in [4.78, 5) is 42.3.